The van der Waals surface area contributed by atoms with Gasteiger partial charge >= 0.3 is 5.97 Å². The molecule has 1 N–H and O–H groups in total. The van der Waals surface area contributed by atoms with Gasteiger partial charge in [-0.3, -0.25) is 4.79 Å². The lowest BCUT2D eigenvalue weighted by molar-refractivity contribution is -0.139. The van der Waals surface area contributed by atoms with Crippen molar-refractivity contribution in [1.82, 2.24) is 13.9 Å². The van der Waals surface area contributed by atoms with E-state index in [9.17, 15) is 22.7 Å². The maximum Gasteiger partial charge on any atom is 0.310 e. The van der Waals surface area contributed by atoms with Gasteiger partial charge in [0.2, 0.25) is 10.0 Å². The summed E-state index contributed by atoms with van der Waals surface area (Å²) in [6.45, 7) is -0.0260. The molecule has 8 nitrogen and oxygen atoms in total. The Kier molecular flexibility index (Phi) is 7.04. The molecule has 0 aliphatic carbocycles. The lowest BCUT2D eigenvalue weighted by atomic mass is 10.1. The molecule has 3 rings (SSSR count). The van der Waals surface area contributed by atoms with Crippen LogP contribution in [0.15, 0.2) is 53.7 Å². The molecule has 0 saturated heterocycles. The summed E-state index contributed by atoms with van der Waals surface area (Å²) in [4.78, 5) is 16.1. The first-order chi connectivity index (χ1) is 14.8. The van der Waals surface area contributed by atoms with Crippen molar-refractivity contribution in [1.29, 1.82) is 0 Å². The SMILES string of the molecule is COC(=O)Cc1cn(C[C@@H](CCO)N(C)S(=O)(=O)c2ccc(F)cc2)c2ncccc12. The molecule has 0 saturated carbocycles. The van der Waals surface area contributed by atoms with E-state index in [1.807, 2.05) is 6.07 Å². The summed E-state index contributed by atoms with van der Waals surface area (Å²) in [5, 5.41) is 10.3. The van der Waals surface area contributed by atoms with Crippen LogP contribution >= 0.6 is 0 Å². The summed E-state index contributed by atoms with van der Waals surface area (Å²) in [6, 6.07) is 7.56. The Morgan fingerprint density at radius 1 is 1.29 bits per heavy atom. The molecule has 0 spiro atoms. The fourth-order valence-electron chi connectivity index (χ4n) is 3.44. The molecule has 2 heterocycles. The van der Waals surface area contributed by atoms with Crippen molar-refractivity contribution in [3.63, 3.8) is 0 Å². The Hall–Kier alpha value is -2.82. The number of sulfonamides is 1. The third-order valence-electron chi connectivity index (χ3n) is 5.15. The van der Waals surface area contributed by atoms with E-state index in [1.54, 1.807) is 23.0 Å². The molecule has 0 unspecified atom stereocenters. The number of hydrogen-bond acceptors (Lipinski definition) is 6. The summed E-state index contributed by atoms with van der Waals surface area (Å²) in [6.07, 6.45) is 3.59. The van der Waals surface area contributed by atoms with E-state index in [0.29, 0.717) is 11.2 Å². The Morgan fingerprint density at radius 2 is 2.00 bits per heavy atom. The average Bonchev–Trinajstić information content (AvgIpc) is 3.10. The van der Waals surface area contributed by atoms with Crippen LogP contribution in [-0.4, -0.2) is 60.2 Å². The molecule has 2 aromatic heterocycles. The molecule has 1 aromatic carbocycles. The predicted molar refractivity (Wildman–Crippen MR) is 112 cm³/mol. The van der Waals surface area contributed by atoms with E-state index in [1.165, 1.54) is 30.6 Å². The number of nitrogens with zero attached hydrogens (tertiary/aromatic N) is 3. The van der Waals surface area contributed by atoms with Gasteiger partial charge in [-0.1, -0.05) is 0 Å². The highest BCUT2D eigenvalue weighted by molar-refractivity contribution is 7.89. The van der Waals surface area contributed by atoms with Crippen molar-refractivity contribution in [2.24, 2.45) is 0 Å². The number of pyridine rings is 1. The average molecular weight is 450 g/mol. The fraction of sp³-hybridized carbons (Fsp3) is 0.333. The number of aliphatic hydroxyl groups excluding tert-OH is 1. The zero-order valence-electron chi connectivity index (χ0n) is 17.2. The van der Waals surface area contributed by atoms with E-state index < -0.39 is 27.9 Å². The number of aliphatic hydroxyl groups is 1. The van der Waals surface area contributed by atoms with Gasteiger partial charge < -0.3 is 14.4 Å². The van der Waals surface area contributed by atoms with Gasteiger partial charge in [-0.25, -0.2) is 17.8 Å². The highest BCUT2D eigenvalue weighted by Gasteiger charge is 2.29. The first-order valence-electron chi connectivity index (χ1n) is 9.62. The maximum atomic E-state index is 13.2. The summed E-state index contributed by atoms with van der Waals surface area (Å²) in [5.41, 5.74) is 1.30. The minimum absolute atomic E-state index is 0.0405. The zero-order valence-corrected chi connectivity index (χ0v) is 18.0. The number of esters is 1. The maximum absolute atomic E-state index is 13.2. The third-order valence-corrected chi connectivity index (χ3v) is 7.08. The van der Waals surface area contributed by atoms with Crippen molar-refractivity contribution in [2.75, 3.05) is 20.8 Å². The van der Waals surface area contributed by atoms with Crippen LogP contribution < -0.4 is 0 Å². The normalized spacial score (nSPS) is 12.9. The summed E-state index contributed by atoms with van der Waals surface area (Å²) in [5.74, 6) is -0.928. The van der Waals surface area contributed by atoms with E-state index in [2.05, 4.69) is 4.98 Å². The Morgan fingerprint density at radius 3 is 2.65 bits per heavy atom. The third kappa shape index (κ3) is 4.92. The Balaban J connectivity index is 1.95. The predicted octanol–water partition coefficient (Wildman–Crippen LogP) is 1.96. The van der Waals surface area contributed by atoms with Crippen molar-refractivity contribution in [3.8, 4) is 0 Å². The van der Waals surface area contributed by atoms with Gasteiger partial charge in [-0.2, -0.15) is 4.31 Å². The summed E-state index contributed by atoms with van der Waals surface area (Å²) < 4.78 is 47.0. The molecule has 0 bridgehead atoms. The molecule has 1 atom stereocenters. The molecule has 10 heteroatoms. The van der Waals surface area contributed by atoms with Crippen LogP contribution in [0.25, 0.3) is 11.0 Å². The highest BCUT2D eigenvalue weighted by atomic mass is 32.2. The number of methoxy groups -OCH3 is 1. The number of halogens is 1. The van der Waals surface area contributed by atoms with E-state index in [0.717, 1.165) is 17.5 Å². The van der Waals surface area contributed by atoms with Crippen molar-refractivity contribution in [2.45, 2.75) is 30.3 Å². The van der Waals surface area contributed by atoms with Gasteiger partial charge in [0, 0.05) is 44.0 Å². The van der Waals surface area contributed by atoms with Gasteiger partial charge in [0.1, 0.15) is 11.5 Å². The van der Waals surface area contributed by atoms with Gasteiger partial charge in [-0.05, 0) is 48.4 Å². The number of hydrogen-bond donors (Lipinski definition) is 1. The first kappa shape index (κ1) is 22.9. The monoisotopic (exact) mass is 449 g/mol. The highest BCUT2D eigenvalue weighted by Crippen LogP contribution is 2.24. The van der Waals surface area contributed by atoms with Crippen LogP contribution in [0.2, 0.25) is 0 Å². The minimum atomic E-state index is -3.92. The number of ether oxygens (including phenoxy) is 1. The quantitative estimate of drug-likeness (QED) is 0.501. The van der Waals surface area contributed by atoms with Gasteiger partial charge in [0.15, 0.2) is 0 Å². The number of likely N-dealkylation sites (N-methyl/N-ethyl adjacent to an activating group) is 1. The second kappa shape index (κ2) is 9.54. The summed E-state index contributed by atoms with van der Waals surface area (Å²) in [7, 11) is -1.18. The van der Waals surface area contributed by atoms with Gasteiger partial charge in [0.25, 0.3) is 0 Å². The summed E-state index contributed by atoms with van der Waals surface area (Å²) >= 11 is 0. The molecule has 0 fully saturated rings. The van der Waals surface area contributed by atoms with Crippen LogP contribution in [0.3, 0.4) is 0 Å². The standard InChI is InChI=1S/C21H24FN3O5S/c1-24(31(28,29)18-7-5-16(22)6-8-18)17(9-11-26)14-25-13-15(12-20(27)30-2)19-4-3-10-23-21(19)25/h3-8,10,13,17,26H,9,11-12,14H2,1-2H3/t17-/m1/s1. The smallest absolute Gasteiger partial charge is 0.310 e. The van der Waals surface area contributed by atoms with Crippen LogP contribution in [0.5, 0.6) is 0 Å². The number of fused-ring (bicyclic) bond motifs is 1. The van der Waals surface area contributed by atoms with Crippen LogP contribution in [0.1, 0.15) is 12.0 Å². The molecule has 0 amide bonds. The Bertz CT molecular complexity index is 1160. The molecule has 0 aliphatic rings. The van der Waals surface area contributed by atoms with Crippen molar-refractivity contribution < 1.29 is 27.4 Å². The van der Waals surface area contributed by atoms with Crippen LogP contribution in [-0.2, 0) is 32.5 Å². The fourth-order valence-corrected chi connectivity index (χ4v) is 4.81. The van der Waals surface area contributed by atoms with Crippen LogP contribution in [0.4, 0.5) is 4.39 Å². The lowest BCUT2D eigenvalue weighted by Crippen LogP contribution is -2.40. The number of aromatic nitrogens is 2. The number of rotatable bonds is 9. The second-order valence-corrected chi connectivity index (χ2v) is 9.07. The lowest BCUT2D eigenvalue weighted by Gasteiger charge is -2.27. The van der Waals surface area contributed by atoms with E-state index >= 15 is 0 Å². The topological polar surface area (TPSA) is 102 Å². The van der Waals surface area contributed by atoms with E-state index in [4.69, 9.17) is 4.74 Å². The largest absolute Gasteiger partial charge is 0.469 e. The molecule has 0 aliphatic heterocycles. The molecular weight excluding hydrogens is 425 g/mol. The van der Waals surface area contributed by atoms with E-state index in [-0.39, 0.29) is 30.9 Å². The molecular formula is C21H24FN3O5S. The molecule has 31 heavy (non-hydrogen) atoms. The number of benzene rings is 1. The Labute approximate surface area is 179 Å². The van der Waals surface area contributed by atoms with Crippen LogP contribution in [0, 0.1) is 5.82 Å². The molecule has 166 valence electrons. The number of carbonyl (C=O) groups excluding carboxylic acids is 1. The van der Waals surface area contributed by atoms with Gasteiger partial charge in [-0.15, -0.1) is 0 Å². The van der Waals surface area contributed by atoms with Crippen molar-refractivity contribution in [3.05, 3.63) is 60.2 Å². The first-order valence-corrected chi connectivity index (χ1v) is 11.1. The minimum Gasteiger partial charge on any atom is -0.469 e. The second-order valence-electron chi connectivity index (χ2n) is 7.08. The van der Waals surface area contributed by atoms with Crippen molar-refractivity contribution >= 4 is 27.0 Å². The van der Waals surface area contributed by atoms with Gasteiger partial charge in [0.05, 0.1) is 18.4 Å². The number of carbonyl (C=O) groups is 1. The molecule has 3 aromatic rings. The zero-order chi connectivity index (χ0) is 22.6. The molecule has 0 radical (unpaired) electrons.